The molecule has 0 unspecified atom stereocenters. The first kappa shape index (κ1) is 33.8. The number of hydrogen-bond donors (Lipinski definition) is 1. The minimum Gasteiger partial charge on any atom is -0.484 e. The van der Waals surface area contributed by atoms with E-state index in [4.69, 9.17) is 14.2 Å². The van der Waals surface area contributed by atoms with E-state index in [9.17, 15) is 28.4 Å². The highest BCUT2D eigenvalue weighted by Crippen LogP contribution is 2.21. The van der Waals surface area contributed by atoms with Crippen LogP contribution in [0.15, 0.2) is 54.6 Å². The minimum atomic E-state index is -0.981. The van der Waals surface area contributed by atoms with Crippen LogP contribution in [0.25, 0.3) is 0 Å². The molecule has 0 aliphatic carbocycles. The molecular formula is C33H40FN5O8. The Morgan fingerprint density at radius 3 is 2.30 bits per heavy atom. The van der Waals surface area contributed by atoms with Crippen molar-refractivity contribution in [2.24, 2.45) is 0 Å². The second-order valence-electron chi connectivity index (χ2n) is 11.6. The predicted molar refractivity (Wildman–Crippen MR) is 166 cm³/mol. The molecule has 2 aromatic rings. The Labute approximate surface area is 272 Å². The topological polar surface area (TPSA) is 138 Å². The highest BCUT2D eigenvalue weighted by Gasteiger charge is 2.39. The maximum Gasteiger partial charge on any atom is 0.260 e. The van der Waals surface area contributed by atoms with Gasteiger partial charge in [0.1, 0.15) is 30.8 Å². The molecule has 3 heterocycles. The summed E-state index contributed by atoms with van der Waals surface area (Å²) in [6.07, 6.45) is 0.839. The van der Waals surface area contributed by atoms with Crippen molar-refractivity contribution in [2.75, 3.05) is 78.8 Å². The normalized spacial score (nSPS) is 21.0. The van der Waals surface area contributed by atoms with Crippen molar-refractivity contribution in [3.8, 4) is 5.75 Å². The molecule has 0 bridgehead atoms. The lowest BCUT2D eigenvalue weighted by atomic mass is 10.0. The molecule has 2 aromatic carbocycles. The summed E-state index contributed by atoms with van der Waals surface area (Å²) >= 11 is 0. The third-order valence-corrected chi connectivity index (χ3v) is 8.51. The molecule has 5 amide bonds. The van der Waals surface area contributed by atoms with Gasteiger partial charge < -0.3 is 39.1 Å². The zero-order chi connectivity index (χ0) is 33.2. The molecule has 47 heavy (non-hydrogen) atoms. The van der Waals surface area contributed by atoms with E-state index < -0.39 is 23.7 Å². The molecule has 3 saturated heterocycles. The quantitative estimate of drug-likeness (QED) is 0.494. The summed E-state index contributed by atoms with van der Waals surface area (Å²) in [6, 6.07) is 12.9. The Morgan fingerprint density at radius 2 is 1.55 bits per heavy atom. The number of likely N-dealkylation sites (tertiary alicyclic amines) is 1. The first-order chi connectivity index (χ1) is 22.8. The van der Waals surface area contributed by atoms with Crippen molar-refractivity contribution >= 4 is 29.5 Å². The third-order valence-electron chi connectivity index (χ3n) is 8.51. The van der Waals surface area contributed by atoms with E-state index in [1.54, 1.807) is 29.2 Å². The van der Waals surface area contributed by atoms with Gasteiger partial charge in [0, 0.05) is 44.3 Å². The van der Waals surface area contributed by atoms with Gasteiger partial charge in [0.05, 0.1) is 26.4 Å². The van der Waals surface area contributed by atoms with Gasteiger partial charge in [-0.25, -0.2) is 4.39 Å². The van der Waals surface area contributed by atoms with E-state index in [-0.39, 0.29) is 89.5 Å². The molecule has 5 rings (SSSR count). The highest BCUT2D eigenvalue weighted by molar-refractivity contribution is 5.94. The number of fused-ring (bicyclic) bond motifs is 1. The van der Waals surface area contributed by atoms with E-state index in [0.29, 0.717) is 37.2 Å². The van der Waals surface area contributed by atoms with Crippen molar-refractivity contribution in [1.82, 2.24) is 24.9 Å². The number of piperidine rings is 1. The van der Waals surface area contributed by atoms with Crippen molar-refractivity contribution in [3.63, 3.8) is 0 Å². The molecule has 0 spiro atoms. The number of para-hydroxylation sites is 1. The average molecular weight is 654 g/mol. The van der Waals surface area contributed by atoms with Gasteiger partial charge in [-0.1, -0.05) is 18.2 Å². The monoisotopic (exact) mass is 653 g/mol. The number of amides is 5. The molecule has 3 aliphatic rings. The molecule has 3 fully saturated rings. The standard InChI is InChI=1S/C33H40FN5O8/c34-25-8-6-24(7-9-25)33(44)36-13-10-26(11-14-36)39-21-29(40)38-16-15-37(30(41)23-47-27-4-2-1-3-5-27)20-28(38)32(43)35-12-17-45-18-19-46-22-31(39)42/h1-9,26,28H,10-23H2,(H,35,43)/t28-/m0/s1. The van der Waals surface area contributed by atoms with Gasteiger partial charge >= 0.3 is 0 Å². The molecule has 14 heteroatoms. The SMILES string of the molecule is O=C1NCCOCCOCC(=O)N(C2CCN(C(=O)c3ccc(F)cc3)CC2)CC(=O)N2CCN(C(=O)COc3ccccc3)C[C@@H]12. The number of ether oxygens (including phenoxy) is 3. The Kier molecular flexibility index (Phi) is 11.7. The van der Waals surface area contributed by atoms with Crippen LogP contribution >= 0.6 is 0 Å². The number of nitrogens with one attached hydrogen (secondary N) is 1. The summed E-state index contributed by atoms with van der Waals surface area (Å²) in [5, 5.41) is 2.80. The molecule has 1 N–H and O–H groups in total. The zero-order valence-electron chi connectivity index (χ0n) is 26.2. The van der Waals surface area contributed by atoms with E-state index in [1.165, 1.54) is 39.0 Å². The molecule has 3 aliphatic heterocycles. The van der Waals surface area contributed by atoms with Gasteiger partial charge in [0.2, 0.25) is 17.7 Å². The molecule has 252 valence electrons. The largest absolute Gasteiger partial charge is 0.484 e. The van der Waals surface area contributed by atoms with Gasteiger partial charge in [-0.05, 0) is 49.2 Å². The lowest BCUT2D eigenvalue weighted by Crippen LogP contribution is -2.64. The van der Waals surface area contributed by atoms with Crippen LogP contribution < -0.4 is 10.1 Å². The van der Waals surface area contributed by atoms with Gasteiger partial charge in [-0.3, -0.25) is 24.0 Å². The second-order valence-corrected chi connectivity index (χ2v) is 11.6. The lowest BCUT2D eigenvalue weighted by Gasteiger charge is -2.42. The van der Waals surface area contributed by atoms with Crippen LogP contribution in [0.3, 0.4) is 0 Å². The first-order valence-corrected chi connectivity index (χ1v) is 15.8. The number of halogens is 1. The number of benzene rings is 2. The smallest absolute Gasteiger partial charge is 0.260 e. The maximum absolute atomic E-state index is 13.9. The fourth-order valence-corrected chi connectivity index (χ4v) is 5.93. The van der Waals surface area contributed by atoms with Crippen LogP contribution in [0.2, 0.25) is 0 Å². The number of carbonyl (C=O) groups is 5. The van der Waals surface area contributed by atoms with E-state index in [2.05, 4.69) is 5.32 Å². The van der Waals surface area contributed by atoms with Gasteiger partial charge in [-0.15, -0.1) is 0 Å². The molecular weight excluding hydrogens is 613 g/mol. The van der Waals surface area contributed by atoms with Crippen molar-refractivity contribution in [1.29, 1.82) is 0 Å². The summed E-state index contributed by atoms with van der Waals surface area (Å²) in [5.41, 5.74) is 0.370. The molecule has 13 nitrogen and oxygen atoms in total. The highest BCUT2D eigenvalue weighted by atomic mass is 19.1. The minimum absolute atomic E-state index is 0.0314. The predicted octanol–water partition coefficient (Wildman–Crippen LogP) is 0.540. The number of hydrogen-bond acceptors (Lipinski definition) is 8. The first-order valence-electron chi connectivity index (χ1n) is 15.8. The average Bonchev–Trinajstić information content (AvgIpc) is 3.10. The van der Waals surface area contributed by atoms with Crippen LogP contribution in [0.1, 0.15) is 23.2 Å². The van der Waals surface area contributed by atoms with Gasteiger partial charge in [0.25, 0.3) is 11.8 Å². The van der Waals surface area contributed by atoms with Crippen molar-refractivity contribution in [2.45, 2.75) is 24.9 Å². The summed E-state index contributed by atoms with van der Waals surface area (Å²) in [6.45, 7) is 0.940. The van der Waals surface area contributed by atoms with Crippen LogP contribution in [-0.2, 0) is 28.7 Å². The summed E-state index contributed by atoms with van der Waals surface area (Å²) in [4.78, 5) is 72.8. The second kappa shape index (κ2) is 16.3. The third kappa shape index (κ3) is 9.04. The van der Waals surface area contributed by atoms with Gasteiger partial charge in [0.15, 0.2) is 6.61 Å². The summed E-state index contributed by atoms with van der Waals surface area (Å²) in [7, 11) is 0. The van der Waals surface area contributed by atoms with E-state index in [0.717, 1.165) is 0 Å². The Bertz CT molecular complexity index is 1400. The maximum atomic E-state index is 13.9. The van der Waals surface area contributed by atoms with Crippen molar-refractivity contribution < 1.29 is 42.6 Å². The fraction of sp³-hybridized carbons (Fsp3) is 0.485. The van der Waals surface area contributed by atoms with Crippen LogP contribution in [0.4, 0.5) is 4.39 Å². The molecule has 1 atom stereocenters. The summed E-state index contributed by atoms with van der Waals surface area (Å²) < 4.78 is 30.0. The number of piperazine rings is 1. The molecule has 0 radical (unpaired) electrons. The zero-order valence-corrected chi connectivity index (χ0v) is 26.2. The van der Waals surface area contributed by atoms with E-state index >= 15 is 0 Å². The Balaban J connectivity index is 1.27. The molecule has 0 saturated carbocycles. The van der Waals surface area contributed by atoms with Gasteiger partial charge in [-0.2, -0.15) is 0 Å². The van der Waals surface area contributed by atoms with Crippen LogP contribution in [0, 0.1) is 5.82 Å². The van der Waals surface area contributed by atoms with Crippen LogP contribution in [-0.4, -0.2) is 140 Å². The Morgan fingerprint density at radius 1 is 0.830 bits per heavy atom. The number of nitrogens with zero attached hydrogens (tertiary/aromatic N) is 4. The fourth-order valence-electron chi connectivity index (χ4n) is 5.93. The Hall–Kier alpha value is -4.56. The molecule has 0 aromatic heterocycles. The number of carbonyl (C=O) groups excluding carboxylic acids is 5. The van der Waals surface area contributed by atoms with Crippen molar-refractivity contribution in [3.05, 3.63) is 66.0 Å². The van der Waals surface area contributed by atoms with Crippen LogP contribution in [0.5, 0.6) is 5.75 Å². The lowest BCUT2D eigenvalue weighted by molar-refractivity contribution is -0.153. The van der Waals surface area contributed by atoms with E-state index in [1.807, 2.05) is 6.07 Å². The number of rotatable bonds is 5. The summed E-state index contributed by atoms with van der Waals surface area (Å²) in [5.74, 6) is -1.68.